The zero-order valence-electron chi connectivity index (χ0n) is 15.6. The molecule has 2 aliphatic heterocycles. The molecule has 6 nitrogen and oxygen atoms in total. The second-order valence-electron chi connectivity index (χ2n) is 7.29. The van der Waals surface area contributed by atoms with Crippen LogP contribution in [0.3, 0.4) is 0 Å². The monoisotopic (exact) mass is 385 g/mol. The van der Waals surface area contributed by atoms with E-state index in [1.54, 1.807) is 4.90 Å². The van der Waals surface area contributed by atoms with Crippen LogP contribution in [0.2, 0.25) is 0 Å². The van der Waals surface area contributed by atoms with Gasteiger partial charge in [-0.15, -0.1) is 0 Å². The van der Waals surface area contributed by atoms with E-state index < -0.39 is 17.3 Å². The van der Waals surface area contributed by atoms with Gasteiger partial charge in [0.05, 0.1) is 19.3 Å². The summed E-state index contributed by atoms with van der Waals surface area (Å²) < 4.78 is 19.5. The minimum absolute atomic E-state index is 0.173. The summed E-state index contributed by atoms with van der Waals surface area (Å²) in [5.41, 5.74) is -0.422. The van der Waals surface area contributed by atoms with E-state index in [0.29, 0.717) is 45.8 Å². The van der Waals surface area contributed by atoms with Crippen molar-refractivity contribution in [3.63, 3.8) is 0 Å². The highest BCUT2D eigenvalue weighted by atomic mass is 19.1. The Morgan fingerprint density at radius 1 is 1.14 bits per heavy atom. The maximum absolute atomic E-state index is 14.1. The third-order valence-electron chi connectivity index (χ3n) is 5.72. The number of pyridine rings is 1. The third-order valence-corrected chi connectivity index (χ3v) is 5.72. The number of likely N-dealkylation sites (tertiary alicyclic amines) is 1. The number of piperidine rings is 1. The number of ether oxygens (including phenoxy) is 1. The molecule has 148 valence electrons. The van der Waals surface area contributed by atoms with Crippen molar-refractivity contribution in [1.82, 2.24) is 14.8 Å². The Hall–Kier alpha value is -2.35. The van der Waals surface area contributed by atoms with Crippen molar-refractivity contribution >= 4 is 5.91 Å². The van der Waals surface area contributed by atoms with Crippen LogP contribution in [0.15, 0.2) is 48.7 Å². The summed E-state index contributed by atoms with van der Waals surface area (Å²) >= 11 is 0. The molecule has 1 amide bonds. The van der Waals surface area contributed by atoms with E-state index in [1.165, 1.54) is 18.3 Å². The minimum atomic E-state index is -1.09. The van der Waals surface area contributed by atoms with Gasteiger partial charge in [-0.25, -0.2) is 9.37 Å². The number of morpholine rings is 1. The first-order valence-electron chi connectivity index (χ1n) is 9.59. The normalized spacial score (nSPS) is 26.2. The summed E-state index contributed by atoms with van der Waals surface area (Å²) in [6, 6.07) is 12.0. The topological polar surface area (TPSA) is 65.9 Å². The SMILES string of the molecule is O=C(c1ncccc1F)N1CC[C@](O)(c2ccccc2)[C@H](N2CCOCC2)C1. The van der Waals surface area contributed by atoms with Crippen molar-refractivity contribution < 1.29 is 19.0 Å². The van der Waals surface area contributed by atoms with E-state index >= 15 is 0 Å². The van der Waals surface area contributed by atoms with Crippen LogP contribution >= 0.6 is 0 Å². The van der Waals surface area contributed by atoms with Gasteiger partial charge in [-0.1, -0.05) is 30.3 Å². The van der Waals surface area contributed by atoms with E-state index in [9.17, 15) is 14.3 Å². The van der Waals surface area contributed by atoms with E-state index in [0.717, 1.165) is 5.56 Å². The van der Waals surface area contributed by atoms with Crippen LogP contribution in [-0.2, 0) is 10.3 Å². The Bertz CT molecular complexity index is 829. The average molecular weight is 385 g/mol. The number of hydrogen-bond donors (Lipinski definition) is 1. The number of carbonyl (C=O) groups is 1. The summed E-state index contributed by atoms with van der Waals surface area (Å²) in [4.78, 5) is 20.6. The Labute approximate surface area is 163 Å². The van der Waals surface area contributed by atoms with Crippen molar-refractivity contribution in [1.29, 1.82) is 0 Å². The van der Waals surface area contributed by atoms with Gasteiger partial charge in [0.15, 0.2) is 11.5 Å². The highest BCUT2D eigenvalue weighted by Gasteiger charge is 2.47. The number of amides is 1. The van der Waals surface area contributed by atoms with Gasteiger partial charge in [-0.3, -0.25) is 9.69 Å². The quantitative estimate of drug-likeness (QED) is 0.871. The van der Waals surface area contributed by atoms with E-state index in [2.05, 4.69) is 9.88 Å². The molecule has 2 fully saturated rings. The molecule has 1 aromatic heterocycles. The second-order valence-corrected chi connectivity index (χ2v) is 7.29. The lowest BCUT2D eigenvalue weighted by Crippen LogP contribution is -2.63. The standard InChI is InChI=1S/C21H24FN3O3/c22-17-7-4-9-23-19(17)20(26)25-10-8-21(27,16-5-2-1-3-6-16)18(15-25)24-11-13-28-14-12-24/h1-7,9,18,27H,8,10-15H2/t18-,21+/m1/s1. The number of benzene rings is 1. The molecule has 1 N–H and O–H groups in total. The molecule has 4 rings (SSSR count). The van der Waals surface area contributed by atoms with Crippen molar-refractivity contribution in [2.24, 2.45) is 0 Å². The number of aromatic nitrogens is 1. The molecule has 0 spiro atoms. The Morgan fingerprint density at radius 3 is 2.61 bits per heavy atom. The molecular weight excluding hydrogens is 361 g/mol. The highest BCUT2D eigenvalue weighted by Crippen LogP contribution is 2.36. The fourth-order valence-corrected chi connectivity index (χ4v) is 4.17. The predicted molar refractivity (Wildman–Crippen MR) is 101 cm³/mol. The average Bonchev–Trinajstić information content (AvgIpc) is 2.75. The summed E-state index contributed by atoms with van der Waals surface area (Å²) in [6.45, 7) is 3.18. The Kier molecular flexibility index (Phi) is 5.39. The van der Waals surface area contributed by atoms with E-state index in [-0.39, 0.29) is 11.7 Å². The lowest BCUT2D eigenvalue weighted by molar-refractivity contribution is -0.112. The smallest absolute Gasteiger partial charge is 0.275 e. The molecule has 2 aromatic rings. The van der Waals surface area contributed by atoms with Gasteiger partial charge in [-0.05, 0) is 24.1 Å². The first-order valence-corrected chi connectivity index (χ1v) is 9.59. The Balaban J connectivity index is 1.63. The number of nitrogens with zero attached hydrogens (tertiary/aromatic N) is 3. The van der Waals surface area contributed by atoms with Crippen LogP contribution in [0.1, 0.15) is 22.5 Å². The molecule has 3 heterocycles. The van der Waals surface area contributed by atoms with Crippen LogP contribution in [0.25, 0.3) is 0 Å². The van der Waals surface area contributed by atoms with E-state index in [4.69, 9.17) is 4.74 Å². The van der Waals surface area contributed by atoms with Crippen molar-refractivity contribution in [3.8, 4) is 0 Å². The fraction of sp³-hybridized carbons (Fsp3) is 0.429. The van der Waals surface area contributed by atoms with E-state index in [1.807, 2.05) is 30.3 Å². The van der Waals surface area contributed by atoms with Gasteiger partial charge in [0, 0.05) is 32.4 Å². The molecule has 0 aliphatic carbocycles. The first-order chi connectivity index (χ1) is 13.6. The highest BCUT2D eigenvalue weighted by molar-refractivity contribution is 5.92. The van der Waals surface area contributed by atoms with Gasteiger partial charge in [0.1, 0.15) is 5.60 Å². The second kappa shape index (κ2) is 7.95. The number of halogens is 1. The number of rotatable bonds is 3. The van der Waals surface area contributed by atoms with Crippen molar-refractivity contribution in [3.05, 3.63) is 65.7 Å². The van der Waals surface area contributed by atoms with Gasteiger partial charge in [-0.2, -0.15) is 0 Å². The molecule has 7 heteroatoms. The Morgan fingerprint density at radius 2 is 1.89 bits per heavy atom. The molecule has 2 aliphatic rings. The van der Waals surface area contributed by atoms with Crippen LogP contribution < -0.4 is 0 Å². The number of hydrogen-bond acceptors (Lipinski definition) is 5. The predicted octanol–water partition coefficient (Wildman–Crippen LogP) is 1.66. The molecule has 0 unspecified atom stereocenters. The molecule has 1 aromatic carbocycles. The maximum atomic E-state index is 14.1. The maximum Gasteiger partial charge on any atom is 0.275 e. The largest absolute Gasteiger partial charge is 0.383 e. The molecule has 0 saturated carbocycles. The van der Waals surface area contributed by atoms with Crippen LogP contribution in [0.4, 0.5) is 4.39 Å². The number of carbonyl (C=O) groups excluding carboxylic acids is 1. The zero-order chi connectivity index (χ0) is 19.6. The third kappa shape index (κ3) is 3.53. The summed E-state index contributed by atoms with van der Waals surface area (Å²) in [5.74, 6) is -1.06. The van der Waals surface area contributed by atoms with Crippen LogP contribution in [0.5, 0.6) is 0 Å². The van der Waals surface area contributed by atoms with Crippen LogP contribution in [0, 0.1) is 5.82 Å². The molecular formula is C21H24FN3O3. The molecule has 0 bridgehead atoms. The van der Waals surface area contributed by atoms with Gasteiger partial charge >= 0.3 is 0 Å². The molecule has 28 heavy (non-hydrogen) atoms. The van der Waals surface area contributed by atoms with Gasteiger partial charge in [0.25, 0.3) is 5.91 Å². The zero-order valence-corrected chi connectivity index (χ0v) is 15.6. The van der Waals surface area contributed by atoms with Gasteiger partial charge in [0.2, 0.25) is 0 Å². The van der Waals surface area contributed by atoms with Gasteiger partial charge < -0.3 is 14.7 Å². The first kappa shape index (κ1) is 19.0. The number of aliphatic hydroxyl groups is 1. The summed E-state index contributed by atoms with van der Waals surface area (Å²) in [5, 5.41) is 11.7. The van der Waals surface area contributed by atoms with Crippen molar-refractivity contribution in [2.45, 2.75) is 18.1 Å². The minimum Gasteiger partial charge on any atom is -0.383 e. The molecule has 2 atom stereocenters. The van der Waals surface area contributed by atoms with Crippen LogP contribution in [-0.4, -0.2) is 71.2 Å². The molecule has 2 saturated heterocycles. The summed E-state index contributed by atoms with van der Waals surface area (Å²) in [7, 11) is 0. The molecule has 0 radical (unpaired) electrons. The summed E-state index contributed by atoms with van der Waals surface area (Å²) in [6.07, 6.45) is 1.79. The fourth-order valence-electron chi connectivity index (χ4n) is 4.17. The lowest BCUT2D eigenvalue weighted by atomic mass is 9.79. The van der Waals surface area contributed by atoms with Crippen molar-refractivity contribution in [2.75, 3.05) is 39.4 Å². The lowest BCUT2D eigenvalue weighted by Gasteiger charge is -2.50.